The van der Waals surface area contributed by atoms with Gasteiger partial charge in [0.1, 0.15) is 6.54 Å². The van der Waals surface area contributed by atoms with E-state index in [1.54, 1.807) is 25.1 Å². The van der Waals surface area contributed by atoms with Gasteiger partial charge in [0.25, 0.3) is 0 Å². The second kappa shape index (κ2) is 11.1. The smallest absolute Gasteiger partial charge is 0.243 e. The van der Waals surface area contributed by atoms with Gasteiger partial charge in [0, 0.05) is 40.4 Å². The molecule has 2 N–H and O–H groups in total. The Morgan fingerprint density at radius 2 is 2.04 bits per heavy atom. The Labute approximate surface area is 146 Å². The summed E-state index contributed by atoms with van der Waals surface area (Å²) in [6.45, 7) is 8.95. The molecule has 6 heteroatoms. The summed E-state index contributed by atoms with van der Waals surface area (Å²) >= 11 is 0. The lowest BCUT2D eigenvalue weighted by Crippen LogP contribution is -2.44. The monoisotopic (exact) mass is 338 g/mol. The Morgan fingerprint density at radius 1 is 1.33 bits per heavy atom. The zero-order chi connectivity index (χ0) is 17.8. The van der Waals surface area contributed by atoms with Crippen LogP contribution in [0.3, 0.4) is 0 Å². The predicted octanol–water partition coefficient (Wildman–Crippen LogP) is 1.78. The molecule has 0 bridgehead atoms. The van der Waals surface area contributed by atoms with Gasteiger partial charge in [0.05, 0.1) is 0 Å². The average molecular weight is 338 g/mol. The number of aliphatic imine (C=N–C) groups is 1. The van der Waals surface area contributed by atoms with Gasteiger partial charge in [-0.3, -0.25) is 4.79 Å². The SMILES string of the molecule is C=CCNC(=NCC(=O)N(C)C)NCC1(CCOCC)CCCC1. The van der Waals surface area contributed by atoms with E-state index in [9.17, 15) is 4.79 Å². The molecule has 6 nitrogen and oxygen atoms in total. The van der Waals surface area contributed by atoms with E-state index >= 15 is 0 Å². The molecule has 0 aromatic rings. The molecule has 1 saturated carbocycles. The molecule has 1 fully saturated rings. The highest BCUT2D eigenvalue weighted by atomic mass is 16.5. The lowest BCUT2D eigenvalue weighted by atomic mass is 9.83. The molecule has 24 heavy (non-hydrogen) atoms. The number of rotatable bonds is 10. The van der Waals surface area contributed by atoms with Crippen LogP contribution in [0, 0.1) is 5.41 Å². The van der Waals surface area contributed by atoms with Gasteiger partial charge in [-0.25, -0.2) is 4.99 Å². The molecule has 0 aliphatic heterocycles. The lowest BCUT2D eigenvalue weighted by molar-refractivity contribution is -0.127. The molecular formula is C18H34N4O2. The summed E-state index contributed by atoms with van der Waals surface area (Å²) < 4.78 is 5.56. The maximum Gasteiger partial charge on any atom is 0.243 e. The minimum atomic E-state index is -0.0124. The van der Waals surface area contributed by atoms with Gasteiger partial charge in [-0.2, -0.15) is 0 Å². The molecule has 1 aliphatic rings. The number of hydrogen-bond acceptors (Lipinski definition) is 3. The van der Waals surface area contributed by atoms with Gasteiger partial charge < -0.3 is 20.3 Å². The molecule has 1 aliphatic carbocycles. The van der Waals surface area contributed by atoms with Crippen LogP contribution in [0.4, 0.5) is 0 Å². The lowest BCUT2D eigenvalue weighted by Gasteiger charge is -2.30. The Hall–Kier alpha value is -1.56. The number of guanidine groups is 1. The van der Waals surface area contributed by atoms with Gasteiger partial charge in [0.15, 0.2) is 5.96 Å². The summed E-state index contributed by atoms with van der Waals surface area (Å²) in [4.78, 5) is 17.7. The second-order valence-corrected chi connectivity index (χ2v) is 6.63. The molecule has 1 rings (SSSR count). The number of likely N-dealkylation sites (N-methyl/N-ethyl adjacent to an activating group) is 1. The molecule has 0 unspecified atom stereocenters. The van der Waals surface area contributed by atoms with E-state index in [2.05, 4.69) is 22.2 Å². The molecule has 0 saturated heterocycles. The first kappa shape index (κ1) is 20.5. The molecule has 0 aromatic carbocycles. The Balaban J connectivity index is 2.61. The molecule has 138 valence electrons. The third-order valence-electron chi connectivity index (χ3n) is 4.56. The van der Waals surface area contributed by atoms with Crippen LogP contribution in [0.5, 0.6) is 0 Å². The summed E-state index contributed by atoms with van der Waals surface area (Å²) in [6, 6.07) is 0. The fraction of sp³-hybridized carbons (Fsp3) is 0.778. The fourth-order valence-corrected chi connectivity index (χ4v) is 2.98. The molecule has 1 amide bonds. The van der Waals surface area contributed by atoms with Crippen LogP contribution < -0.4 is 10.6 Å². The van der Waals surface area contributed by atoms with Crippen LogP contribution in [-0.4, -0.2) is 63.7 Å². The van der Waals surface area contributed by atoms with Crippen molar-refractivity contribution in [1.29, 1.82) is 0 Å². The van der Waals surface area contributed by atoms with Crippen LogP contribution in [0.1, 0.15) is 39.0 Å². The van der Waals surface area contributed by atoms with Gasteiger partial charge in [-0.15, -0.1) is 6.58 Å². The molecule has 0 aromatic heterocycles. The van der Waals surface area contributed by atoms with E-state index in [1.807, 2.05) is 6.92 Å². The quantitative estimate of drug-likeness (QED) is 0.276. The molecule has 0 spiro atoms. The summed E-state index contributed by atoms with van der Waals surface area (Å²) in [6.07, 6.45) is 7.85. The topological polar surface area (TPSA) is 66.0 Å². The fourth-order valence-electron chi connectivity index (χ4n) is 2.98. The number of carbonyl (C=O) groups excluding carboxylic acids is 1. The zero-order valence-electron chi connectivity index (χ0n) is 15.6. The van der Waals surface area contributed by atoms with Crippen molar-refractivity contribution < 1.29 is 9.53 Å². The van der Waals surface area contributed by atoms with Crippen molar-refractivity contribution in [3.05, 3.63) is 12.7 Å². The first-order valence-corrected chi connectivity index (χ1v) is 8.94. The van der Waals surface area contributed by atoms with E-state index < -0.39 is 0 Å². The van der Waals surface area contributed by atoms with Gasteiger partial charge in [-0.1, -0.05) is 18.9 Å². The van der Waals surface area contributed by atoms with Crippen molar-refractivity contribution >= 4 is 11.9 Å². The number of ether oxygens (including phenoxy) is 1. The summed E-state index contributed by atoms with van der Waals surface area (Å²) in [5.41, 5.74) is 0.275. The minimum absolute atomic E-state index is 0.0124. The molecule has 0 radical (unpaired) electrons. The third kappa shape index (κ3) is 7.34. The van der Waals surface area contributed by atoms with Crippen LogP contribution in [-0.2, 0) is 9.53 Å². The summed E-state index contributed by atoms with van der Waals surface area (Å²) in [5.74, 6) is 0.661. The largest absolute Gasteiger partial charge is 0.382 e. The zero-order valence-corrected chi connectivity index (χ0v) is 15.6. The van der Waals surface area contributed by atoms with E-state index in [0.29, 0.717) is 12.5 Å². The molecule has 0 atom stereocenters. The van der Waals surface area contributed by atoms with Crippen molar-refractivity contribution in [3.63, 3.8) is 0 Å². The Morgan fingerprint density at radius 3 is 2.62 bits per heavy atom. The Bertz CT molecular complexity index is 415. The number of nitrogens with zero attached hydrogens (tertiary/aromatic N) is 2. The number of hydrogen-bond donors (Lipinski definition) is 2. The van der Waals surface area contributed by atoms with Crippen molar-refractivity contribution in [2.24, 2.45) is 10.4 Å². The highest BCUT2D eigenvalue weighted by Crippen LogP contribution is 2.40. The van der Waals surface area contributed by atoms with Gasteiger partial charge in [-0.05, 0) is 31.6 Å². The third-order valence-corrected chi connectivity index (χ3v) is 4.56. The number of amides is 1. The van der Waals surface area contributed by atoms with E-state index in [4.69, 9.17) is 4.74 Å². The van der Waals surface area contributed by atoms with Crippen molar-refractivity contribution in [2.45, 2.75) is 39.0 Å². The molecule has 0 heterocycles. The van der Waals surface area contributed by atoms with Crippen molar-refractivity contribution in [1.82, 2.24) is 15.5 Å². The Kier molecular flexibility index (Phi) is 9.45. The normalized spacial score (nSPS) is 16.7. The van der Waals surface area contributed by atoms with E-state index in [-0.39, 0.29) is 17.9 Å². The molecular weight excluding hydrogens is 304 g/mol. The summed E-state index contributed by atoms with van der Waals surface area (Å²) in [5, 5.41) is 6.61. The summed E-state index contributed by atoms with van der Waals surface area (Å²) in [7, 11) is 3.48. The van der Waals surface area contributed by atoms with Gasteiger partial charge in [0.2, 0.25) is 5.91 Å². The number of carbonyl (C=O) groups is 1. The maximum absolute atomic E-state index is 11.7. The van der Waals surface area contributed by atoms with E-state index in [1.165, 1.54) is 25.7 Å². The average Bonchev–Trinajstić information content (AvgIpc) is 3.03. The van der Waals surface area contributed by atoms with Crippen molar-refractivity contribution in [3.8, 4) is 0 Å². The maximum atomic E-state index is 11.7. The van der Waals surface area contributed by atoms with Crippen molar-refractivity contribution in [2.75, 3.05) is 46.9 Å². The van der Waals surface area contributed by atoms with Gasteiger partial charge >= 0.3 is 0 Å². The van der Waals surface area contributed by atoms with Crippen LogP contribution in [0.25, 0.3) is 0 Å². The standard InChI is InChI=1S/C18H34N4O2/c1-5-12-19-17(20-14-16(23)22(3)4)21-15-18(9-7-8-10-18)11-13-24-6-2/h5H,1,6-15H2,2-4H3,(H2,19,20,21). The van der Waals surface area contributed by atoms with Crippen LogP contribution in [0.15, 0.2) is 17.6 Å². The van der Waals surface area contributed by atoms with E-state index in [0.717, 1.165) is 26.2 Å². The second-order valence-electron chi connectivity index (χ2n) is 6.63. The van der Waals surface area contributed by atoms with Crippen LogP contribution >= 0.6 is 0 Å². The minimum Gasteiger partial charge on any atom is -0.382 e. The predicted molar refractivity (Wildman–Crippen MR) is 99.2 cm³/mol. The highest BCUT2D eigenvalue weighted by Gasteiger charge is 2.33. The first-order valence-electron chi connectivity index (χ1n) is 8.94. The first-order chi connectivity index (χ1) is 11.5. The van der Waals surface area contributed by atoms with Crippen LogP contribution in [0.2, 0.25) is 0 Å². The number of nitrogens with one attached hydrogen (secondary N) is 2. The highest BCUT2D eigenvalue weighted by molar-refractivity contribution is 5.84.